The summed E-state index contributed by atoms with van der Waals surface area (Å²) in [7, 11) is 0. The van der Waals surface area contributed by atoms with E-state index < -0.39 is 4.92 Å². The van der Waals surface area contributed by atoms with E-state index in [1.807, 2.05) is 0 Å². The van der Waals surface area contributed by atoms with Gasteiger partial charge in [0.05, 0.1) is 11.0 Å². The van der Waals surface area contributed by atoms with Gasteiger partial charge in [-0.05, 0) is 18.9 Å². The summed E-state index contributed by atoms with van der Waals surface area (Å²) in [6.07, 6.45) is 8.61. The number of non-ortho nitro benzene ring substituents is 1. The predicted molar refractivity (Wildman–Crippen MR) is 80.4 cm³/mol. The highest BCUT2D eigenvalue weighted by atomic mass is 16.6. The first-order chi connectivity index (χ1) is 10.2. The van der Waals surface area contributed by atoms with E-state index in [1.165, 1.54) is 44.2 Å². The summed E-state index contributed by atoms with van der Waals surface area (Å²) in [5.74, 6) is 0. The summed E-state index contributed by atoms with van der Waals surface area (Å²) in [4.78, 5) is 14.7. The van der Waals surface area contributed by atoms with Gasteiger partial charge < -0.3 is 9.73 Å². The van der Waals surface area contributed by atoms with Crippen LogP contribution in [0, 0.1) is 10.1 Å². The molecule has 1 aliphatic rings. The Morgan fingerprint density at radius 1 is 1.19 bits per heavy atom. The highest BCUT2D eigenvalue weighted by Crippen LogP contribution is 2.26. The summed E-state index contributed by atoms with van der Waals surface area (Å²) in [5.41, 5.74) is 1.13. The average molecular weight is 289 g/mol. The van der Waals surface area contributed by atoms with E-state index in [-0.39, 0.29) is 5.69 Å². The van der Waals surface area contributed by atoms with Crippen LogP contribution >= 0.6 is 0 Å². The molecule has 0 amide bonds. The molecule has 0 bridgehead atoms. The SMILES string of the molecule is O=[N+]([O-])c1ccc2nc(NC3CCCCCCC3)oc2c1. The molecule has 1 saturated carbocycles. The van der Waals surface area contributed by atoms with Crippen LogP contribution in [0.4, 0.5) is 11.7 Å². The smallest absolute Gasteiger partial charge is 0.295 e. The number of hydrogen-bond donors (Lipinski definition) is 1. The van der Waals surface area contributed by atoms with Gasteiger partial charge in [0.15, 0.2) is 5.58 Å². The number of rotatable bonds is 3. The molecule has 0 radical (unpaired) electrons. The Hall–Kier alpha value is -2.11. The zero-order chi connectivity index (χ0) is 14.7. The fraction of sp³-hybridized carbons (Fsp3) is 0.533. The van der Waals surface area contributed by atoms with Gasteiger partial charge in [0.2, 0.25) is 0 Å². The fourth-order valence-corrected chi connectivity index (χ4v) is 2.86. The summed E-state index contributed by atoms with van der Waals surface area (Å²) in [6.45, 7) is 0. The average Bonchev–Trinajstić information content (AvgIpc) is 2.82. The van der Waals surface area contributed by atoms with Crippen molar-refractivity contribution < 1.29 is 9.34 Å². The molecule has 21 heavy (non-hydrogen) atoms. The lowest BCUT2D eigenvalue weighted by molar-refractivity contribution is -0.384. The van der Waals surface area contributed by atoms with Gasteiger partial charge in [-0.2, -0.15) is 4.98 Å². The van der Waals surface area contributed by atoms with Crippen LogP contribution in [0.3, 0.4) is 0 Å². The molecule has 1 heterocycles. The van der Waals surface area contributed by atoms with E-state index in [4.69, 9.17) is 4.42 Å². The standard InChI is InChI=1S/C15H19N3O3/c19-18(20)12-8-9-13-14(10-12)21-15(17-13)16-11-6-4-2-1-3-5-7-11/h8-11H,1-7H2,(H,16,17). The van der Waals surface area contributed by atoms with Gasteiger partial charge in [-0.15, -0.1) is 0 Å². The maximum Gasteiger partial charge on any atom is 0.295 e. The van der Waals surface area contributed by atoms with Gasteiger partial charge in [0.1, 0.15) is 5.52 Å². The van der Waals surface area contributed by atoms with E-state index in [0.717, 1.165) is 12.8 Å². The third kappa shape index (κ3) is 3.32. The molecule has 2 aromatic rings. The van der Waals surface area contributed by atoms with Crippen LogP contribution in [0.15, 0.2) is 22.6 Å². The lowest BCUT2D eigenvalue weighted by Gasteiger charge is -2.19. The first-order valence-electron chi connectivity index (χ1n) is 7.54. The second-order valence-corrected chi connectivity index (χ2v) is 5.61. The number of anilines is 1. The zero-order valence-corrected chi connectivity index (χ0v) is 11.9. The van der Waals surface area contributed by atoms with Gasteiger partial charge >= 0.3 is 0 Å². The van der Waals surface area contributed by atoms with Gasteiger partial charge in [0, 0.05) is 12.1 Å². The van der Waals surface area contributed by atoms with Crippen LogP contribution in [-0.2, 0) is 0 Å². The van der Waals surface area contributed by atoms with Crippen LogP contribution in [0.25, 0.3) is 11.1 Å². The second kappa shape index (κ2) is 6.11. The first-order valence-corrected chi connectivity index (χ1v) is 7.54. The Morgan fingerprint density at radius 3 is 2.62 bits per heavy atom. The molecule has 1 N–H and O–H groups in total. The second-order valence-electron chi connectivity index (χ2n) is 5.61. The summed E-state index contributed by atoms with van der Waals surface area (Å²) in [5, 5.41) is 14.1. The maximum absolute atomic E-state index is 10.8. The van der Waals surface area contributed by atoms with Crippen LogP contribution in [0.1, 0.15) is 44.9 Å². The molecule has 1 aromatic carbocycles. The monoisotopic (exact) mass is 289 g/mol. The molecule has 112 valence electrons. The molecular formula is C15H19N3O3. The van der Waals surface area contributed by atoms with Crippen molar-refractivity contribution in [2.75, 3.05) is 5.32 Å². The number of nitrogens with one attached hydrogen (secondary N) is 1. The van der Waals surface area contributed by atoms with Crippen molar-refractivity contribution in [2.24, 2.45) is 0 Å². The Morgan fingerprint density at radius 2 is 1.90 bits per heavy atom. The van der Waals surface area contributed by atoms with Crippen LogP contribution < -0.4 is 5.32 Å². The number of nitro groups is 1. The molecule has 1 aliphatic carbocycles. The minimum absolute atomic E-state index is 0.0242. The van der Waals surface area contributed by atoms with Crippen molar-refractivity contribution in [2.45, 2.75) is 51.0 Å². The van der Waals surface area contributed by atoms with Gasteiger partial charge in [-0.3, -0.25) is 10.1 Å². The minimum atomic E-state index is -0.427. The summed E-state index contributed by atoms with van der Waals surface area (Å²) >= 11 is 0. The van der Waals surface area contributed by atoms with Gasteiger partial charge in [0.25, 0.3) is 11.7 Å². The van der Waals surface area contributed by atoms with Crippen molar-refractivity contribution in [3.8, 4) is 0 Å². The lowest BCUT2D eigenvalue weighted by atomic mass is 9.97. The predicted octanol–water partition coefficient (Wildman–Crippen LogP) is 4.26. The van der Waals surface area contributed by atoms with E-state index in [1.54, 1.807) is 6.07 Å². The number of aromatic nitrogens is 1. The van der Waals surface area contributed by atoms with Crippen LogP contribution in [0.2, 0.25) is 0 Å². The Labute approximate surface area is 122 Å². The van der Waals surface area contributed by atoms with Crippen molar-refractivity contribution >= 4 is 22.8 Å². The van der Waals surface area contributed by atoms with Gasteiger partial charge in [-0.25, -0.2) is 0 Å². The molecule has 6 heteroatoms. The van der Waals surface area contributed by atoms with E-state index in [2.05, 4.69) is 10.3 Å². The number of benzene rings is 1. The molecule has 1 fully saturated rings. The number of nitrogens with zero attached hydrogens (tertiary/aromatic N) is 2. The topological polar surface area (TPSA) is 81.2 Å². The summed E-state index contributed by atoms with van der Waals surface area (Å²) in [6, 6.07) is 5.35. The number of nitro benzene ring substituents is 1. The maximum atomic E-state index is 10.8. The van der Waals surface area contributed by atoms with Crippen LogP contribution in [-0.4, -0.2) is 15.9 Å². The Bertz CT molecular complexity index is 630. The molecule has 1 aromatic heterocycles. The molecule has 0 aliphatic heterocycles. The zero-order valence-electron chi connectivity index (χ0n) is 11.9. The molecule has 3 rings (SSSR count). The fourth-order valence-electron chi connectivity index (χ4n) is 2.86. The highest BCUT2D eigenvalue weighted by molar-refractivity contribution is 5.77. The van der Waals surface area contributed by atoms with Gasteiger partial charge in [-0.1, -0.05) is 32.1 Å². The number of fused-ring (bicyclic) bond motifs is 1. The normalized spacial score (nSPS) is 17.3. The Kier molecular flexibility index (Phi) is 4.03. The van der Waals surface area contributed by atoms with E-state index >= 15 is 0 Å². The highest BCUT2D eigenvalue weighted by Gasteiger charge is 2.16. The molecule has 0 unspecified atom stereocenters. The largest absolute Gasteiger partial charge is 0.423 e. The van der Waals surface area contributed by atoms with Crippen molar-refractivity contribution in [3.63, 3.8) is 0 Å². The number of oxazole rings is 1. The van der Waals surface area contributed by atoms with Crippen molar-refractivity contribution in [1.29, 1.82) is 0 Å². The number of hydrogen-bond acceptors (Lipinski definition) is 5. The molecular weight excluding hydrogens is 270 g/mol. The Balaban J connectivity index is 1.75. The third-order valence-corrected chi connectivity index (χ3v) is 4.02. The van der Waals surface area contributed by atoms with E-state index in [0.29, 0.717) is 23.2 Å². The third-order valence-electron chi connectivity index (χ3n) is 4.02. The first kappa shape index (κ1) is 13.9. The van der Waals surface area contributed by atoms with Crippen molar-refractivity contribution in [1.82, 2.24) is 4.98 Å². The molecule has 0 saturated heterocycles. The lowest BCUT2D eigenvalue weighted by Crippen LogP contribution is -2.20. The molecule has 6 nitrogen and oxygen atoms in total. The minimum Gasteiger partial charge on any atom is -0.423 e. The molecule has 0 spiro atoms. The quantitative estimate of drug-likeness (QED) is 0.674. The van der Waals surface area contributed by atoms with Crippen LogP contribution in [0.5, 0.6) is 0 Å². The summed E-state index contributed by atoms with van der Waals surface area (Å²) < 4.78 is 5.61. The van der Waals surface area contributed by atoms with E-state index in [9.17, 15) is 10.1 Å². The molecule has 0 atom stereocenters. The van der Waals surface area contributed by atoms with Crippen molar-refractivity contribution in [3.05, 3.63) is 28.3 Å².